The predicted octanol–water partition coefficient (Wildman–Crippen LogP) is 2.98. The van der Waals surface area contributed by atoms with Gasteiger partial charge < -0.3 is 55.6 Å². The van der Waals surface area contributed by atoms with Crippen molar-refractivity contribution >= 4 is 64.5 Å². The molecule has 1 aliphatic heterocycles. The van der Waals surface area contributed by atoms with Crippen molar-refractivity contribution < 1.29 is 90.0 Å². The van der Waals surface area contributed by atoms with E-state index in [0.717, 1.165) is 94.3 Å². The number of aliphatic hydroxyl groups is 2. The van der Waals surface area contributed by atoms with E-state index in [9.17, 15) is 62.7 Å². The number of benzene rings is 1. The monoisotopic (exact) mass is 1080 g/mol. The highest BCUT2D eigenvalue weighted by Crippen LogP contribution is 2.61. The number of amides is 2. The van der Waals surface area contributed by atoms with E-state index in [-0.39, 0.29) is 59.7 Å². The van der Waals surface area contributed by atoms with E-state index in [1.54, 1.807) is 0 Å². The molecule has 29 heteroatoms. The van der Waals surface area contributed by atoms with Gasteiger partial charge in [-0.25, -0.2) is 28.6 Å². The molecule has 0 spiro atoms. The number of phosphoric ester groups is 3. The average Bonchev–Trinajstić information content (AvgIpc) is 4.21. The Morgan fingerprint density at radius 1 is 0.903 bits per heavy atom. The smallest absolute Gasteiger partial charge is 0.461 e. The van der Waals surface area contributed by atoms with Crippen LogP contribution in [0.1, 0.15) is 108 Å². The van der Waals surface area contributed by atoms with Crippen LogP contribution in [0.3, 0.4) is 0 Å². The standard InChI is InChI=1S/C43H64N7O19P3/c1-41(2,24-66-72(62,63)69-71(60,61)65-23-30-35(68-70(57,58)59)34(54)40(67-30)50-26-49-33-37(44)47-25-48-38(33)50)36(55)39(56)46-22-14-32(53)45-21-13-31(52)42(17-18-42)15-5-3-7-28-9-11-29(12-10-28)8-4-6-16-43(19-20-43)64-27-51/h9-12,25-27,30,34-36,40,54-55H,3-8,13-24H2,1-2H3,(H,45,53)(H,46,56)(H,60,61)(H,62,63)(H2,44,47,48)(H2,57,58,59). The number of aryl methyl sites for hydroxylation is 2. The molecular weight excluding hydrogens is 1010 g/mol. The summed E-state index contributed by atoms with van der Waals surface area (Å²) in [5.41, 5.74) is 6.23. The number of unbranched alkanes of at least 4 members (excludes halogenated alkanes) is 2. The third-order valence-corrected chi connectivity index (χ3v) is 16.1. The number of aromatic nitrogens is 4. The molecule has 0 bridgehead atoms. The Balaban J connectivity index is 0.845. The molecule has 26 nitrogen and oxygen atoms in total. The number of nitrogens with one attached hydrogen (secondary N) is 2. The number of hydrogen-bond acceptors (Lipinski definition) is 19. The zero-order valence-corrected chi connectivity index (χ0v) is 42.5. The first-order chi connectivity index (χ1) is 33.9. The molecule has 3 fully saturated rings. The highest BCUT2D eigenvalue weighted by molar-refractivity contribution is 7.61. The minimum absolute atomic E-state index is 0.0282. The van der Waals surface area contributed by atoms with Crippen LogP contribution in [-0.2, 0) is 73.1 Å². The summed E-state index contributed by atoms with van der Waals surface area (Å²) in [4.78, 5) is 100. The summed E-state index contributed by atoms with van der Waals surface area (Å²) >= 11 is 0. The minimum atomic E-state index is -5.59. The fourth-order valence-electron chi connectivity index (χ4n) is 8.45. The first-order valence-corrected chi connectivity index (χ1v) is 28.0. The number of nitrogen functional groups attached to an aromatic ring is 1. The van der Waals surface area contributed by atoms with Crippen LogP contribution in [0.2, 0.25) is 0 Å². The van der Waals surface area contributed by atoms with Crippen molar-refractivity contribution in [3.05, 3.63) is 48.0 Å². The van der Waals surface area contributed by atoms with Gasteiger partial charge in [0.15, 0.2) is 17.7 Å². The Morgan fingerprint density at radius 2 is 1.53 bits per heavy atom. The zero-order chi connectivity index (χ0) is 52.5. The van der Waals surface area contributed by atoms with E-state index in [1.807, 2.05) is 0 Å². The highest BCUT2D eigenvalue weighted by atomic mass is 31.3. The van der Waals surface area contributed by atoms with Crippen LogP contribution in [0.5, 0.6) is 0 Å². The molecular formula is C43H64N7O19P3. The molecule has 1 aromatic carbocycles. The number of ether oxygens (including phenoxy) is 2. The van der Waals surface area contributed by atoms with Gasteiger partial charge in [0.25, 0.3) is 6.47 Å². The molecule has 0 radical (unpaired) electrons. The van der Waals surface area contributed by atoms with Gasteiger partial charge in [-0.05, 0) is 81.8 Å². The number of aliphatic hydroxyl groups excluding tert-OH is 2. The molecule has 3 heterocycles. The fraction of sp³-hybridized carbons (Fsp3) is 0.651. The summed E-state index contributed by atoms with van der Waals surface area (Å²) in [7, 11) is -16.5. The van der Waals surface area contributed by atoms with Crippen molar-refractivity contribution in [2.24, 2.45) is 10.8 Å². The second-order valence-corrected chi connectivity index (χ2v) is 23.4. The van der Waals surface area contributed by atoms with Crippen LogP contribution in [-0.4, -0.2) is 130 Å². The lowest BCUT2D eigenvalue weighted by atomic mass is 9.87. The van der Waals surface area contributed by atoms with Crippen LogP contribution in [0.4, 0.5) is 5.82 Å². The van der Waals surface area contributed by atoms with E-state index in [2.05, 4.69) is 58.7 Å². The molecule has 2 aromatic heterocycles. The maximum Gasteiger partial charge on any atom is 0.481 e. The Labute approximate surface area is 414 Å². The molecule has 2 saturated carbocycles. The minimum Gasteiger partial charge on any atom is -0.461 e. The number of nitrogens with zero attached hydrogens (tertiary/aromatic N) is 4. The average molecular weight is 1080 g/mol. The summed E-state index contributed by atoms with van der Waals surface area (Å²) < 4.78 is 67.8. The van der Waals surface area contributed by atoms with E-state index in [1.165, 1.54) is 25.0 Å². The van der Waals surface area contributed by atoms with E-state index >= 15 is 0 Å². The molecule has 2 amide bonds. The van der Waals surface area contributed by atoms with Crippen molar-refractivity contribution in [3.63, 3.8) is 0 Å². The van der Waals surface area contributed by atoms with Crippen molar-refractivity contribution in [2.45, 2.75) is 140 Å². The number of anilines is 1. The number of fused-ring (bicyclic) bond motifs is 1. The van der Waals surface area contributed by atoms with Crippen molar-refractivity contribution in [1.29, 1.82) is 0 Å². The van der Waals surface area contributed by atoms with Gasteiger partial charge in [-0.1, -0.05) is 44.5 Å². The van der Waals surface area contributed by atoms with Gasteiger partial charge >= 0.3 is 23.5 Å². The van der Waals surface area contributed by atoms with Crippen LogP contribution in [0, 0.1) is 10.8 Å². The van der Waals surface area contributed by atoms with Crippen molar-refractivity contribution in [3.8, 4) is 0 Å². The zero-order valence-electron chi connectivity index (χ0n) is 39.9. The second kappa shape index (κ2) is 24.1. The maximum absolute atomic E-state index is 13.1. The predicted molar refractivity (Wildman–Crippen MR) is 252 cm³/mol. The molecule has 1 saturated heterocycles. The third kappa shape index (κ3) is 16.2. The number of nitrogens with two attached hydrogens (primary N) is 1. The number of carbonyl (C=O) groups is 4. The molecule has 10 N–H and O–H groups in total. The Bertz CT molecular complexity index is 2520. The summed E-state index contributed by atoms with van der Waals surface area (Å²) in [6.45, 7) is 0.952. The molecule has 400 valence electrons. The topological polar surface area (TPSA) is 390 Å². The lowest BCUT2D eigenvalue weighted by Crippen LogP contribution is -2.46. The molecule has 6 rings (SSSR count). The lowest BCUT2D eigenvalue weighted by molar-refractivity contribution is -0.137. The molecule has 72 heavy (non-hydrogen) atoms. The van der Waals surface area contributed by atoms with Gasteiger partial charge in [0.1, 0.15) is 47.6 Å². The van der Waals surface area contributed by atoms with Crippen LogP contribution in [0.25, 0.3) is 11.2 Å². The first kappa shape index (κ1) is 57.2. The second-order valence-electron chi connectivity index (χ2n) is 19.2. The SMILES string of the molecule is CC(C)(COP(=O)(O)OP(=O)(O)OCC1OC(n2cnc3c(N)ncnc32)C(O)C1OP(=O)(O)O)C(O)C(=O)NCCC(=O)NCCC(=O)C1(CCCCc2ccc(CCCCC3(OC=O)CC3)cc2)CC1. The normalized spacial score (nSPS) is 22.3. The fourth-order valence-corrected chi connectivity index (χ4v) is 11.3. The first-order valence-electron chi connectivity index (χ1n) is 23.5. The summed E-state index contributed by atoms with van der Waals surface area (Å²) in [5, 5.41) is 26.7. The van der Waals surface area contributed by atoms with Gasteiger partial charge in [0, 0.05) is 36.8 Å². The van der Waals surface area contributed by atoms with Crippen molar-refractivity contribution in [2.75, 3.05) is 32.0 Å². The Kier molecular flexibility index (Phi) is 19.1. The van der Waals surface area contributed by atoms with E-state index < -0.39 is 84.6 Å². The van der Waals surface area contributed by atoms with Gasteiger partial charge in [-0.15, -0.1) is 0 Å². The third-order valence-electron chi connectivity index (χ3n) is 13.0. The van der Waals surface area contributed by atoms with Crippen LogP contribution >= 0.6 is 23.5 Å². The number of Topliss-reactive ketones (excluding diaryl/α,β-unsaturated/α-hetero) is 1. The van der Waals surface area contributed by atoms with Gasteiger partial charge in [0.05, 0.1) is 19.5 Å². The molecule has 7 unspecified atom stereocenters. The van der Waals surface area contributed by atoms with E-state index in [0.29, 0.717) is 6.47 Å². The summed E-state index contributed by atoms with van der Waals surface area (Å²) in [6.07, 6.45) is 4.24. The number of rotatable bonds is 32. The van der Waals surface area contributed by atoms with Gasteiger partial charge in [-0.3, -0.25) is 37.3 Å². The highest BCUT2D eigenvalue weighted by Gasteiger charge is 2.51. The van der Waals surface area contributed by atoms with Crippen molar-refractivity contribution in [1.82, 2.24) is 30.2 Å². The number of ketones is 1. The molecule has 2 aliphatic carbocycles. The largest absolute Gasteiger partial charge is 0.481 e. The molecule has 3 aromatic rings. The molecule has 3 aliphatic rings. The van der Waals surface area contributed by atoms with Crippen LogP contribution in [0.15, 0.2) is 36.9 Å². The lowest BCUT2D eigenvalue weighted by Gasteiger charge is -2.30. The number of hydrogen-bond donors (Lipinski definition) is 9. The Morgan fingerprint density at radius 3 is 2.14 bits per heavy atom. The summed E-state index contributed by atoms with van der Waals surface area (Å²) in [5.74, 6) is -1.37. The van der Waals surface area contributed by atoms with Gasteiger partial charge in [-0.2, -0.15) is 4.31 Å². The maximum atomic E-state index is 13.1. The quantitative estimate of drug-likeness (QED) is 0.0246. The van der Waals surface area contributed by atoms with Gasteiger partial charge in [0.2, 0.25) is 11.8 Å². The number of imidazole rings is 1. The number of phosphoric acid groups is 3. The number of carbonyl (C=O) groups excluding carboxylic acids is 4. The summed E-state index contributed by atoms with van der Waals surface area (Å²) in [6, 6.07) is 8.64. The molecule has 7 atom stereocenters. The van der Waals surface area contributed by atoms with Crippen LogP contribution < -0.4 is 16.4 Å². The Hall–Kier alpha value is -4.10. The van der Waals surface area contributed by atoms with E-state index in [4.69, 9.17) is 24.3 Å².